The van der Waals surface area contributed by atoms with Crippen LogP contribution in [0.4, 0.5) is 0 Å². The van der Waals surface area contributed by atoms with E-state index in [4.69, 9.17) is 4.74 Å². The third-order valence-corrected chi connectivity index (χ3v) is 5.69. The summed E-state index contributed by atoms with van der Waals surface area (Å²) in [5.41, 5.74) is 2.37. The minimum Gasteiger partial charge on any atom is -1.00 e. The number of carbonyl (C=O) groups is 1. The van der Waals surface area contributed by atoms with Crippen LogP contribution >= 0.6 is 0 Å². The van der Waals surface area contributed by atoms with Gasteiger partial charge in [-0.05, 0) is 48.9 Å². The van der Waals surface area contributed by atoms with Crippen LogP contribution in [0, 0.1) is 0 Å². The molecule has 0 aromatic heterocycles. The molecule has 3 rings (SSSR count). The molecule has 2 aromatic carbocycles. The molecule has 0 amide bonds. The van der Waals surface area contributed by atoms with Gasteiger partial charge in [-0.3, -0.25) is 4.79 Å². The normalized spacial score (nSPS) is 15.5. The molecule has 1 aliphatic heterocycles. The Hall–Kier alpha value is -1.84. The van der Waals surface area contributed by atoms with Gasteiger partial charge in [-0.25, -0.2) is 0 Å². The molecule has 0 radical (unpaired) electrons. The van der Waals surface area contributed by atoms with Gasteiger partial charge in [0.15, 0.2) is 0 Å². The van der Waals surface area contributed by atoms with Crippen molar-refractivity contribution in [1.82, 2.24) is 0 Å². The number of nitrogens with zero attached hydrogens (tertiary/aromatic N) is 1. The summed E-state index contributed by atoms with van der Waals surface area (Å²) < 4.78 is 6.90. The second kappa shape index (κ2) is 11.2. The van der Waals surface area contributed by atoms with Crippen molar-refractivity contribution in [3.05, 3.63) is 65.7 Å². The fraction of sp³-hybridized carbons (Fsp3) is 0.458. The highest BCUT2D eigenvalue weighted by Crippen LogP contribution is 2.18. The van der Waals surface area contributed by atoms with E-state index in [0.717, 1.165) is 35.2 Å². The zero-order chi connectivity index (χ0) is 19.0. The largest absolute Gasteiger partial charge is 1.00 e. The molecule has 0 N–H and O–H groups in total. The molecular weight excluding hydrogens is 370 g/mol. The minimum absolute atomic E-state index is 0. The lowest BCUT2D eigenvalue weighted by Crippen LogP contribution is -3.00. The first kappa shape index (κ1) is 22.4. The van der Waals surface area contributed by atoms with E-state index < -0.39 is 0 Å². The van der Waals surface area contributed by atoms with Crippen molar-refractivity contribution in [2.75, 3.05) is 26.7 Å². The average Bonchev–Trinajstić information content (AvgIpc) is 2.71. The van der Waals surface area contributed by atoms with Crippen LogP contribution in [0.1, 0.15) is 43.2 Å². The number of quaternary nitrogens is 1. The molecule has 0 saturated carbocycles. The lowest BCUT2D eigenvalue weighted by atomic mass is 10.0. The number of benzene rings is 2. The van der Waals surface area contributed by atoms with E-state index in [2.05, 4.69) is 31.3 Å². The second-order valence-electron chi connectivity index (χ2n) is 8.06. The molecule has 0 spiro atoms. The average molecular weight is 402 g/mol. The maximum absolute atomic E-state index is 12.3. The van der Waals surface area contributed by atoms with E-state index in [1.165, 1.54) is 37.9 Å². The topological polar surface area (TPSA) is 26.3 Å². The van der Waals surface area contributed by atoms with Gasteiger partial charge < -0.3 is 21.6 Å². The summed E-state index contributed by atoms with van der Waals surface area (Å²) in [7, 11) is 2.31. The van der Waals surface area contributed by atoms with Gasteiger partial charge in [0.05, 0.1) is 33.1 Å². The van der Waals surface area contributed by atoms with Crippen LogP contribution in [0.25, 0.3) is 0 Å². The van der Waals surface area contributed by atoms with E-state index in [1.807, 2.05) is 30.3 Å². The molecule has 2 aromatic rings. The predicted octanol–water partition coefficient (Wildman–Crippen LogP) is 1.79. The van der Waals surface area contributed by atoms with E-state index in [1.54, 1.807) is 0 Å². The van der Waals surface area contributed by atoms with Crippen LogP contribution < -0.4 is 17.1 Å². The summed E-state index contributed by atoms with van der Waals surface area (Å²) in [4.78, 5) is 12.3. The SMILES string of the molecule is C[N+]1(CCC(=O)CCc2ccc(OCc3ccccc3)cc2)CCCCC1.[Cl-]. The molecule has 0 atom stereocenters. The summed E-state index contributed by atoms with van der Waals surface area (Å²) in [6.45, 7) is 4.05. The highest BCUT2D eigenvalue weighted by atomic mass is 35.5. The van der Waals surface area contributed by atoms with Crippen LogP contribution in [0.3, 0.4) is 0 Å². The Morgan fingerprint density at radius 2 is 1.57 bits per heavy atom. The smallest absolute Gasteiger partial charge is 0.138 e. The van der Waals surface area contributed by atoms with Crippen molar-refractivity contribution in [2.24, 2.45) is 0 Å². The highest BCUT2D eigenvalue weighted by Gasteiger charge is 2.25. The minimum atomic E-state index is 0. The first-order valence-corrected chi connectivity index (χ1v) is 10.2. The van der Waals surface area contributed by atoms with Gasteiger partial charge in [0, 0.05) is 6.42 Å². The predicted molar refractivity (Wildman–Crippen MR) is 110 cm³/mol. The lowest BCUT2D eigenvalue weighted by Gasteiger charge is -2.37. The fourth-order valence-corrected chi connectivity index (χ4v) is 3.80. The first-order chi connectivity index (χ1) is 13.1. The Labute approximate surface area is 175 Å². The second-order valence-corrected chi connectivity index (χ2v) is 8.06. The molecule has 4 heteroatoms. The van der Waals surface area contributed by atoms with Crippen molar-refractivity contribution >= 4 is 5.78 Å². The van der Waals surface area contributed by atoms with E-state index >= 15 is 0 Å². The summed E-state index contributed by atoms with van der Waals surface area (Å²) >= 11 is 0. The lowest BCUT2D eigenvalue weighted by molar-refractivity contribution is -0.913. The van der Waals surface area contributed by atoms with Gasteiger partial charge >= 0.3 is 0 Å². The molecule has 0 aliphatic carbocycles. The molecule has 1 saturated heterocycles. The van der Waals surface area contributed by atoms with Crippen LogP contribution in [0.15, 0.2) is 54.6 Å². The molecule has 28 heavy (non-hydrogen) atoms. The maximum Gasteiger partial charge on any atom is 0.138 e. The quantitative estimate of drug-likeness (QED) is 0.599. The number of hydrogen-bond donors (Lipinski definition) is 0. The van der Waals surface area contributed by atoms with Gasteiger partial charge in [0.1, 0.15) is 18.1 Å². The number of ether oxygens (including phenoxy) is 1. The van der Waals surface area contributed by atoms with Crippen molar-refractivity contribution in [3.8, 4) is 5.75 Å². The number of aryl methyl sites for hydroxylation is 1. The molecule has 1 fully saturated rings. The van der Waals surface area contributed by atoms with E-state index in [0.29, 0.717) is 18.8 Å². The number of ketones is 1. The number of halogens is 1. The van der Waals surface area contributed by atoms with Crippen molar-refractivity contribution in [1.29, 1.82) is 0 Å². The zero-order valence-electron chi connectivity index (χ0n) is 16.9. The number of carbonyl (C=O) groups excluding carboxylic acids is 1. The molecule has 0 unspecified atom stereocenters. The summed E-state index contributed by atoms with van der Waals surface area (Å²) in [5, 5.41) is 0. The van der Waals surface area contributed by atoms with Crippen LogP contribution in [-0.4, -0.2) is 36.9 Å². The number of Topliss-reactive ketones (excluding diaryl/α,β-unsaturated/α-hetero) is 1. The van der Waals surface area contributed by atoms with Crippen molar-refractivity contribution in [3.63, 3.8) is 0 Å². The van der Waals surface area contributed by atoms with Crippen LogP contribution in [0.5, 0.6) is 5.75 Å². The Morgan fingerprint density at radius 3 is 2.25 bits per heavy atom. The Kier molecular flexibility index (Phi) is 9.01. The first-order valence-electron chi connectivity index (χ1n) is 10.2. The van der Waals surface area contributed by atoms with Crippen molar-refractivity contribution < 1.29 is 26.4 Å². The third kappa shape index (κ3) is 7.29. The van der Waals surface area contributed by atoms with Crippen LogP contribution in [-0.2, 0) is 17.8 Å². The standard InChI is InChI=1S/C24H32NO2.ClH/c1-25(17-6-3-7-18-25)19-16-23(26)13-10-21-11-14-24(15-12-21)27-20-22-8-4-2-5-9-22;/h2,4-5,8-9,11-12,14-15H,3,6-7,10,13,16-20H2,1H3;1H/q+1;/p-1. The molecule has 152 valence electrons. The Balaban J connectivity index is 0.00000280. The van der Waals surface area contributed by atoms with Gasteiger partial charge in [-0.15, -0.1) is 0 Å². The van der Waals surface area contributed by atoms with Gasteiger partial charge in [0.2, 0.25) is 0 Å². The number of hydrogen-bond acceptors (Lipinski definition) is 2. The Morgan fingerprint density at radius 1 is 0.893 bits per heavy atom. The molecule has 1 aliphatic rings. The molecule has 3 nitrogen and oxygen atoms in total. The van der Waals surface area contributed by atoms with Crippen molar-refractivity contribution in [2.45, 2.75) is 45.1 Å². The highest BCUT2D eigenvalue weighted by molar-refractivity contribution is 5.78. The van der Waals surface area contributed by atoms with Gasteiger partial charge in [-0.1, -0.05) is 42.5 Å². The van der Waals surface area contributed by atoms with Gasteiger partial charge in [-0.2, -0.15) is 0 Å². The summed E-state index contributed by atoms with van der Waals surface area (Å²) in [5.74, 6) is 1.26. The number of rotatable bonds is 9. The van der Waals surface area contributed by atoms with Crippen LogP contribution in [0.2, 0.25) is 0 Å². The number of piperidine rings is 1. The molecule has 0 bridgehead atoms. The molecular formula is C24H32ClNO2. The maximum atomic E-state index is 12.3. The monoisotopic (exact) mass is 401 g/mol. The van der Waals surface area contributed by atoms with E-state index in [-0.39, 0.29) is 12.4 Å². The molecule has 1 heterocycles. The zero-order valence-corrected chi connectivity index (χ0v) is 17.7. The summed E-state index contributed by atoms with van der Waals surface area (Å²) in [6, 6.07) is 18.3. The summed E-state index contributed by atoms with van der Waals surface area (Å²) in [6.07, 6.45) is 6.15. The fourth-order valence-electron chi connectivity index (χ4n) is 3.80. The third-order valence-electron chi connectivity index (χ3n) is 5.69. The van der Waals surface area contributed by atoms with Gasteiger partial charge in [0.25, 0.3) is 0 Å². The number of likely N-dealkylation sites (tertiary alicyclic amines) is 1. The van der Waals surface area contributed by atoms with E-state index in [9.17, 15) is 4.79 Å². The Bertz CT molecular complexity index is 709.